The van der Waals surface area contributed by atoms with Gasteiger partial charge in [0.1, 0.15) is 0 Å². The summed E-state index contributed by atoms with van der Waals surface area (Å²) in [6.07, 6.45) is 0. The first-order chi connectivity index (χ1) is 9.08. The minimum atomic E-state index is 0.556. The summed E-state index contributed by atoms with van der Waals surface area (Å²) in [5.41, 5.74) is 3.35. The van der Waals surface area contributed by atoms with Gasteiger partial charge in [0.15, 0.2) is 0 Å². The second kappa shape index (κ2) is 6.31. The Morgan fingerprint density at radius 3 is 2.05 bits per heavy atom. The summed E-state index contributed by atoms with van der Waals surface area (Å²) in [4.78, 5) is 0. The minimum absolute atomic E-state index is 0.556. The first-order valence-corrected chi connectivity index (χ1v) is 7.10. The van der Waals surface area contributed by atoms with Gasteiger partial charge < -0.3 is 5.32 Å². The highest BCUT2D eigenvalue weighted by Gasteiger charge is 2.05. The Hall–Kier alpha value is -1.18. The van der Waals surface area contributed by atoms with Crippen LogP contribution in [0.5, 0.6) is 0 Å². The molecule has 19 heavy (non-hydrogen) atoms. The molecule has 2 aromatic carbocycles. The van der Waals surface area contributed by atoms with Crippen LogP contribution in [0.2, 0.25) is 10.0 Å². The molecule has 0 saturated heterocycles. The third-order valence-corrected chi connectivity index (χ3v) is 3.71. The molecule has 0 spiro atoms. The van der Waals surface area contributed by atoms with Crippen LogP contribution in [-0.2, 0) is 6.54 Å². The molecule has 0 radical (unpaired) electrons. The van der Waals surface area contributed by atoms with Crippen molar-refractivity contribution in [3.8, 4) is 0 Å². The Morgan fingerprint density at radius 2 is 1.53 bits per heavy atom. The molecule has 2 aromatic rings. The van der Waals surface area contributed by atoms with Gasteiger partial charge in [-0.2, -0.15) is 0 Å². The molecule has 2 rings (SSSR count). The molecule has 1 nitrogen and oxygen atoms in total. The summed E-state index contributed by atoms with van der Waals surface area (Å²) >= 11 is 12.2. The summed E-state index contributed by atoms with van der Waals surface area (Å²) in [6.45, 7) is 5.09. The maximum absolute atomic E-state index is 6.12. The van der Waals surface area contributed by atoms with Crippen LogP contribution in [-0.4, -0.2) is 0 Å². The molecule has 0 aromatic heterocycles. The largest absolute Gasteiger partial charge is 0.379 e. The molecule has 0 atom stereocenters. The van der Waals surface area contributed by atoms with Crippen molar-refractivity contribution >= 4 is 28.9 Å². The first kappa shape index (κ1) is 14.2. The minimum Gasteiger partial charge on any atom is -0.379 e. The number of hydrogen-bond donors (Lipinski definition) is 1. The zero-order chi connectivity index (χ0) is 13.8. The van der Waals surface area contributed by atoms with Crippen LogP contribution in [0, 0.1) is 0 Å². The van der Waals surface area contributed by atoms with Gasteiger partial charge in [-0.05, 0) is 29.2 Å². The molecule has 0 aliphatic heterocycles. The maximum atomic E-state index is 6.12. The van der Waals surface area contributed by atoms with E-state index in [0.717, 1.165) is 5.69 Å². The first-order valence-electron chi connectivity index (χ1n) is 6.34. The molecule has 0 fully saturated rings. The smallest absolute Gasteiger partial charge is 0.0721 e. The summed E-state index contributed by atoms with van der Waals surface area (Å²) in [5.74, 6) is 0.556. The highest BCUT2D eigenvalue weighted by atomic mass is 35.5. The van der Waals surface area contributed by atoms with E-state index in [1.165, 1.54) is 11.1 Å². The zero-order valence-electron chi connectivity index (χ0n) is 11.1. The van der Waals surface area contributed by atoms with Gasteiger partial charge in [0.2, 0.25) is 0 Å². The van der Waals surface area contributed by atoms with Gasteiger partial charge >= 0.3 is 0 Å². The van der Waals surface area contributed by atoms with Crippen LogP contribution in [0.4, 0.5) is 5.69 Å². The van der Waals surface area contributed by atoms with Crippen molar-refractivity contribution in [1.82, 2.24) is 0 Å². The molecule has 0 unspecified atom stereocenters. The van der Waals surface area contributed by atoms with Crippen molar-refractivity contribution in [3.63, 3.8) is 0 Å². The third-order valence-electron chi connectivity index (χ3n) is 3.08. The molecule has 1 N–H and O–H groups in total. The summed E-state index contributed by atoms with van der Waals surface area (Å²) < 4.78 is 0. The average molecular weight is 294 g/mol. The molecular formula is C16H17Cl2N. The van der Waals surface area contributed by atoms with E-state index in [9.17, 15) is 0 Å². The van der Waals surface area contributed by atoms with Gasteiger partial charge in [0.05, 0.1) is 15.7 Å². The van der Waals surface area contributed by atoms with E-state index < -0.39 is 0 Å². The predicted molar refractivity (Wildman–Crippen MR) is 84.3 cm³/mol. The van der Waals surface area contributed by atoms with E-state index in [-0.39, 0.29) is 0 Å². The fraction of sp³-hybridized carbons (Fsp3) is 0.250. The number of rotatable bonds is 4. The lowest BCUT2D eigenvalue weighted by Crippen LogP contribution is -2.01. The number of benzene rings is 2. The van der Waals surface area contributed by atoms with E-state index in [1.54, 1.807) is 0 Å². The normalized spacial score (nSPS) is 10.8. The Kier molecular flexibility index (Phi) is 4.73. The number of anilines is 1. The SMILES string of the molecule is CC(C)c1ccc(CNc2c(Cl)cccc2Cl)cc1. The van der Waals surface area contributed by atoms with Crippen LogP contribution in [0.3, 0.4) is 0 Å². The van der Waals surface area contributed by atoms with Gasteiger partial charge in [-0.15, -0.1) is 0 Å². The van der Waals surface area contributed by atoms with E-state index in [4.69, 9.17) is 23.2 Å². The van der Waals surface area contributed by atoms with E-state index in [1.807, 2.05) is 18.2 Å². The Bertz CT molecular complexity index is 527. The average Bonchev–Trinajstić information content (AvgIpc) is 2.38. The second-order valence-corrected chi connectivity index (χ2v) is 5.66. The molecule has 3 heteroatoms. The lowest BCUT2D eigenvalue weighted by atomic mass is 10.0. The summed E-state index contributed by atoms with van der Waals surface area (Å²) in [6, 6.07) is 14.1. The van der Waals surface area contributed by atoms with E-state index in [0.29, 0.717) is 22.5 Å². The number of nitrogens with one attached hydrogen (secondary N) is 1. The molecule has 0 saturated carbocycles. The van der Waals surface area contributed by atoms with Gasteiger partial charge in [-0.1, -0.05) is 67.4 Å². The number of para-hydroxylation sites is 1. The number of halogens is 2. The summed E-state index contributed by atoms with van der Waals surface area (Å²) in [7, 11) is 0. The Morgan fingerprint density at radius 1 is 0.947 bits per heavy atom. The molecule has 100 valence electrons. The van der Waals surface area contributed by atoms with Gasteiger partial charge in [-0.25, -0.2) is 0 Å². The van der Waals surface area contributed by atoms with Crippen LogP contribution in [0.15, 0.2) is 42.5 Å². The molecule has 0 amide bonds. The molecule has 0 heterocycles. The van der Waals surface area contributed by atoms with Crippen molar-refractivity contribution in [2.45, 2.75) is 26.3 Å². The van der Waals surface area contributed by atoms with E-state index >= 15 is 0 Å². The van der Waals surface area contributed by atoms with Crippen LogP contribution < -0.4 is 5.32 Å². The van der Waals surface area contributed by atoms with E-state index in [2.05, 4.69) is 43.4 Å². The standard InChI is InChI=1S/C16H17Cl2N/c1-11(2)13-8-6-12(7-9-13)10-19-16-14(17)4-3-5-15(16)18/h3-9,11,19H,10H2,1-2H3. The highest BCUT2D eigenvalue weighted by Crippen LogP contribution is 2.30. The van der Waals surface area contributed by atoms with Gasteiger partial charge in [0.25, 0.3) is 0 Å². The van der Waals surface area contributed by atoms with Crippen LogP contribution in [0.25, 0.3) is 0 Å². The van der Waals surface area contributed by atoms with Crippen molar-refractivity contribution in [3.05, 3.63) is 63.6 Å². The highest BCUT2D eigenvalue weighted by molar-refractivity contribution is 6.39. The fourth-order valence-electron chi connectivity index (χ4n) is 1.88. The van der Waals surface area contributed by atoms with Crippen molar-refractivity contribution in [2.75, 3.05) is 5.32 Å². The van der Waals surface area contributed by atoms with Crippen molar-refractivity contribution < 1.29 is 0 Å². The van der Waals surface area contributed by atoms with Gasteiger partial charge in [-0.3, -0.25) is 0 Å². The quantitative estimate of drug-likeness (QED) is 0.759. The third kappa shape index (κ3) is 3.65. The molecule has 0 aliphatic rings. The summed E-state index contributed by atoms with van der Waals surface area (Å²) in [5, 5.41) is 4.57. The number of hydrogen-bond acceptors (Lipinski definition) is 1. The second-order valence-electron chi connectivity index (χ2n) is 4.85. The predicted octanol–water partition coefficient (Wildman–Crippen LogP) is 5.73. The molecule has 0 bridgehead atoms. The topological polar surface area (TPSA) is 12.0 Å². The van der Waals surface area contributed by atoms with Crippen molar-refractivity contribution in [2.24, 2.45) is 0 Å². The Labute approximate surface area is 124 Å². The fourth-order valence-corrected chi connectivity index (χ4v) is 2.41. The van der Waals surface area contributed by atoms with Crippen molar-refractivity contribution in [1.29, 1.82) is 0 Å². The zero-order valence-corrected chi connectivity index (χ0v) is 12.6. The lowest BCUT2D eigenvalue weighted by Gasteiger charge is -2.11. The monoisotopic (exact) mass is 293 g/mol. The molecular weight excluding hydrogens is 277 g/mol. The molecule has 0 aliphatic carbocycles. The maximum Gasteiger partial charge on any atom is 0.0721 e. The van der Waals surface area contributed by atoms with Gasteiger partial charge in [0, 0.05) is 6.54 Å². The Balaban J connectivity index is 2.06. The van der Waals surface area contributed by atoms with Crippen LogP contribution in [0.1, 0.15) is 30.9 Å². The lowest BCUT2D eigenvalue weighted by molar-refractivity contribution is 0.865. The van der Waals surface area contributed by atoms with Crippen LogP contribution >= 0.6 is 23.2 Å².